The summed E-state index contributed by atoms with van der Waals surface area (Å²) >= 11 is 5.92. The summed E-state index contributed by atoms with van der Waals surface area (Å²) in [5, 5.41) is 4.69. The molecule has 118 valence electrons. The van der Waals surface area contributed by atoms with Crippen LogP contribution in [-0.4, -0.2) is 22.2 Å². The molecule has 0 saturated carbocycles. The second kappa shape index (κ2) is 6.79. The first kappa shape index (κ1) is 15.5. The standard InChI is InChI=1S/C17H16ClN3O2/c1-3-4-15-20-16(21-23-15)13-9-10-14(19-17(13)22-2)11-5-7-12(18)8-6-11/h5-10H,3-4H2,1-2H3. The summed E-state index contributed by atoms with van der Waals surface area (Å²) < 4.78 is 10.6. The van der Waals surface area contributed by atoms with E-state index in [1.54, 1.807) is 7.11 Å². The van der Waals surface area contributed by atoms with E-state index in [2.05, 4.69) is 22.0 Å². The van der Waals surface area contributed by atoms with E-state index in [1.165, 1.54) is 0 Å². The molecule has 3 aromatic rings. The first-order chi connectivity index (χ1) is 11.2. The van der Waals surface area contributed by atoms with Crippen LogP contribution >= 0.6 is 11.6 Å². The van der Waals surface area contributed by atoms with Crippen LogP contribution in [0, 0.1) is 0 Å². The molecule has 0 radical (unpaired) electrons. The predicted octanol–water partition coefficient (Wildman–Crippen LogP) is 4.41. The van der Waals surface area contributed by atoms with Crippen LogP contribution in [0.25, 0.3) is 22.6 Å². The summed E-state index contributed by atoms with van der Waals surface area (Å²) in [4.78, 5) is 8.91. The van der Waals surface area contributed by atoms with Crippen molar-refractivity contribution in [1.29, 1.82) is 0 Å². The number of pyridine rings is 1. The van der Waals surface area contributed by atoms with Crippen molar-refractivity contribution in [3.63, 3.8) is 0 Å². The van der Waals surface area contributed by atoms with Crippen LogP contribution in [0.4, 0.5) is 0 Å². The summed E-state index contributed by atoms with van der Waals surface area (Å²) in [6.07, 6.45) is 1.71. The minimum atomic E-state index is 0.460. The van der Waals surface area contributed by atoms with Gasteiger partial charge in [-0.2, -0.15) is 4.98 Å². The maximum atomic E-state index is 5.92. The molecule has 3 rings (SSSR count). The number of aryl methyl sites for hydroxylation is 1. The molecule has 0 spiro atoms. The Morgan fingerprint density at radius 3 is 2.57 bits per heavy atom. The van der Waals surface area contributed by atoms with E-state index in [4.69, 9.17) is 20.9 Å². The topological polar surface area (TPSA) is 61.0 Å². The molecule has 0 saturated heterocycles. The smallest absolute Gasteiger partial charge is 0.226 e. The van der Waals surface area contributed by atoms with Crippen molar-refractivity contribution >= 4 is 11.6 Å². The van der Waals surface area contributed by atoms with Gasteiger partial charge in [-0.15, -0.1) is 0 Å². The van der Waals surface area contributed by atoms with Gasteiger partial charge in [0.1, 0.15) is 0 Å². The Hall–Kier alpha value is -2.40. The van der Waals surface area contributed by atoms with Crippen molar-refractivity contribution in [2.24, 2.45) is 0 Å². The molecule has 5 nitrogen and oxygen atoms in total. The van der Waals surface area contributed by atoms with E-state index in [1.807, 2.05) is 36.4 Å². The van der Waals surface area contributed by atoms with Crippen molar-refractivity contribution in [2.45, 2.75) is 19.8 Å². The minimum Gasteiger partial charge on any atom is -0.480 e. The Kier molecular flexibility index (Phi) is 4.57. The molecule has 0 aliphatic rings. The number of nitrogens with zero attached hydrogens (tertiary/aromatic N) is 3. The average molecular weight is 330 g/mol. The van der Waals surface area contributed by atoms with Crippen LogP contribution in [0.5, 0.6) is 5.88 Å². The monoisotopic (exact) mass is 329 g/mol. The number of aromatic nitrogens is 3. The summed E-state index contributed by atoms with van der Waals surface area (Å²) in [5.41, 5.74) is 2.45. The number of benzene rings is 1. The number of methoxy groups -OCH3 is 1. The molecular weight excluding hydrogens is 314 g/mol. The lowest BCUT2D eigenvalue weighted by Crippen LogP contribution is -1.95. The van der Waals surface area contributed by atoms with Gasteiger partial charge in [-0.3, -0.25) is 0 Å². The summed E-state index contributed by atoms with van der Waals surface area (Å²) in [6, 6.07) is 11.3. The largest absolute Gasteiger partial charge is 0.480 e. The number of hydrogen-bond acceptors (Lipinski definition) is 5. The molecular formula is C17H16ClN3O2. The van der Waals surface area contributed by atoms with Crippen LogP contribution in [0.2, 0.25) is 5.02 Å². The van der Waals surface area contributed by atoms with Gasteiger partial charge in [-0.25, -0.2) is 4.98 Å². The Morgan fingerprint density at radius 2 is 1.87 bits per heavy atom. The lowest BCUT2D eigenvalue weighted by atomic mass is 10.1. The zero-order chi connectivity index (χ0) is 16.2. The van der Waals surface area contributed by atoms with Crippen molar-refractivity contribution in [3.05, 3.63) is 47.3 Å². The Labute approximate surface area is 139 Å². The second-order valence-electron chi connectivity index (χ2n) is 5.02. The SMILES string of the molecule is CCCc1nc(-c2ccc(-c3ccc(Cl)cc3)nc2OC)no1. The van der Waals surface area contributed by atoms with Gasteiger partial charge < -0.3 is 9.26 Å². The van der Waals surface area contributed by atoms with Gasteiger partial charge in [-0.1, -0.05) is 35.8 Å². The fraction of sp³-hybridized carbons (Fsp3) is 0.235. The van der Waals surface area contributed by atoms with Gasteiger partial charge >= 0.3 is 0 Å². The summed E-state index contributed by atoms with van der Waals surface area (Å²) in [7, 11) is 1.57. The van der Waals surface area contributed by atoms with Gasteiger partial charge in [0.25, 0.3) is 0 Å². The molecule has 0 unspecified atom stereocenters. The van der Waals surface area contributed by atoms with E-state index >= 15 is 0 Å². The van der Waals surface area contributed by atoms with Crippen molar-refractivity contribution in [2.75, 3.05) is 7.11 Å². The third-order valence-corrected chi connectivity index (χ3v) is 3.62. The van der Waals surface area contributed by atoms with E-state index in [-0.39, 0.29) is 0 Å². The van der Waals surface area contributed by atoms with Crippen LogP contribution in [0.15, 0.2) is 40.9 Å². The maximum Gasteiger partial charge on any atom is 0.226 e. The number of hydrogen-bond donors (Lipinski definition) is 0. The highest BCUT2D eigenvalue weighted by molar-refractivity contribution is 6.30. The lowest BCUT2D eigenvalue weighted by Gasteiger charge is -2.07. The minimum absolute atomic E-state index is 0.460. The highest BCUT2D eigenvalue weighted by Gasteiger charge is 2.15. The van der Waals surface area contributed by atoms with Crippen LogP contribution in [-0.2, 0) is 6.42 Å². The normalized spacial score (nSPS) is 10.7. The molecule has 6 heteroatoms. The zero-order valence-corrected chi connectivity index (χ0v) is 13.7. The molecule has 0 bridgehead atoms. The Morgan fingerprint density at radius 1 is 1.09 bits per heavy atom. The molecule has 2 aromatic heterocycles. The second-order valence-corrected chi connectivity index (χ2v) is 5.46. The molecule has 0 fully saturated rings. The number of ether oxygens (including phenoxy) is 1. The van der Waals surface area contributed by atoms with E-state index in [9.17, 15) is 0 Å². The van der Waals surface area contributed by atoms with E-state index < -0.39 is 0 Å². The highest BCUT2D eigenvalue weighted by atomic mass is 35.5. The van der Waals surface area contributed by atoms with Gasteiger partial charge in [-0.05, 0) is 30.7 Å². The molecule has 23 heavy (non-hydrogen) atoms. The fourth-order valence-corrected chi connectivity index (χ4v) is 2.35. The Bertz CT molecular complexity index is 800. The van der Waals surface area contributed by atoms with Crippen molar-refractivity contribution in [3.8, 4) is 28.5 Å². The average Bonchev–Trinajstić information content (AvgIpc) is 3.04. The van der Waals surface area contributed by atoms with Gasteiger partial charge in [0, 0.05) is 17.0 Å². The zero-order valence-electron chi connectivity index (χ0n) is 12.9. The number of halogens is 1. The molecule has 0 atom stereocenters. The summed E-state index contributed by atoms with van der Waals surface area (Å²) in [5.74, 6) is 1.56. The third-order valence-electron chi connectivity index (χ3n) is 3.37. The van der Waals surface area contributed by atoms with Crippen LogP contribution < -0.4 is 4.74 Å². The quantitative estimate of drug-likeness (QED) is 0.693. The summed E-state index contributed by atoms with van der Waals surface area (Å²) in [6.45, 7) is 2.06. The molecule has 1 aromatic carbocycles. The molecule has 0 N–H and O–H groups in total. The van der Waals surface area contributed by atoms with Gasteiger partial charge in [0.2, 0.25) is 17.6 Å². The maximum absolute atomic E-state index is 5.92. The van der Waals surface area contributed by atoms with Crippen molar-refractivity contribution in [1.82, 2.24) is 15.1 Å². The van der Waals surface area contributed by atoms with Crippen LogP contribution in [0.3, 0.4) is 0 Å². The number of rotatable bonds is 5. The first-order valence-corrected chi connectivity index (χ1v) is 7.73. The van der Waals surface area contributed by atoms with Crippen LogP contribution in [0.1, 0.15) is 19.2 Å². The van der Waals surface area contributed by atoms with Gasteiger partial charge in [0.15, 0.2) is 0 Å². The molecule has 0 aliphatic carbocycles. The Balaban J connectivity index is 1.97. The molecule has 2 heterocycles. The highest BCUT2D eigenvalue weighted by Crippen LogP contribution is 2.30. The van der Waals surface area contributed by atoms with E-state index in [0.29, 0.717) is 28.2 Å². The van der Waals surface area contributed by atoms with E-state index in [0.717, 1.165) is 24.1 Å². The molecule has 0 aliphatic heterocycles. The fourth-order valence-electron chi connectivity index (χ4n) is 2.23. The molecule has 0 amide bonds. The first-order valence-electron chi connectivity index (χ1n) is 7.35. The third kappa shape index (κ3) is 3.35. The van der Waals surface area contributed by atoms with Crippen molar-refractivity contribution < 1.29 is 9.26 Å². The predicted molar refractivity (Wildman–Crippen MR) is 88.5 cm³/mol. The lowest BCUT2D eigenvalue weighted by molar-refractivity contribution is 0.376. The van der Waals surface area contributed by atoms with Gasteiger partial charge in [0.05, 0.1) is 18.4 Å².